The van der Waals surface area contributed by atoms with Crippen molar-refractivity contribution in [1.82, 2.24) is 0 Å². The summed E-state index contributed by atoms with van der Waals surface area (Å²) in [6, 6.07) is -1.41. The summed E-state index contributed by atoms with van der Waals surface area (Å²) in [4.78, 5) is 0. The molecule has 0 amide bonds. The molecule has 1 aliphatic rings. The Labute approximate surface area is 42.5 Å². The zero-order chi connectivity index (χ0) is 6.20. The molecule has 0 saturated carbocycles. The van der Waals surface area contributed by atoms with Crippen molar-refractivity contribution in [3.8, 4) is 0 Å². The van der Waals surface area contributed by atoms with Crippen LogP contribution in [0.5, 0.6) is 0 Å². The first-order valence-electron chi connectivity index (χ1n) is 1.70. The van der Waals surface area contributed by atoms with E-state index in [0.29, 0.717) is 0 Å². The van der Waals surface area contributed by atoms with E-state index in [-0.39, 0.29) is 6.26 Å². The fourth-order valence-electron chi connectivity index (χ4n) is 0.277. The first kappa shape index (κ1) is 5.27. The predicted molar refractivity (Wildman–Crippen MR) is 16.3 cm³/mol. The van der Waals surface area contributed by atoms with Gasteiger partial charge in [-0.25, -0.2) is 0 Å². The van der Waals surface area contributed by atoms with Gasteiger partial charge < -0.3 is 9.47 Å². The van der Waals surface area contributed by atoms with Crippen LogP contribution < -0.4 is 0 Å². The molecule has 0 aromatic rings. The van der Waals surface area contributed by atoms with Crippen LogP contribution in [0, 0.1) is 0 Å². The maximum atomic E-state index is 11.5. The quantitative estimate of drug-likeness (QED) is 0.487. The summed E-state index contributed by atoms with van der Waals surface area (Å²) in [5, 5.41) is 0. The summed E-state index contributed by atoms with van der Waals surface area (Å²) < 4.78 is 40.9. The van der Waals surface area contributed by atoms with E-state index in [1.807, 2.05) is 0 Å². The molecule has 1 aliphatic heterocycles. The van der Waals surface area contributed by atoms with E-state index in [1.165, 1.54) is 0 Å². The molecule has 0 saturated heterocycles. The first-order valence-corrected chi connectivity index (χ1v) is 1.70. The smallest absolute Gasteiger partial charge is 0.401 e. The largest absolute Gasteiger partial charge is 0.587 e. The van der Waals surface area contributed by atoms with Crippen molar-refractivity contribution >= 4 is 0 Å². The van der Waals surface area contributed by atoms with Crippen LogP contribution in [-0.2, 0) is 9.47 Å². The lowest BCUT2D eigenvalue weighted by molar-refractivity contribution is -0.338. The molecule has 0 spiro atoms. The van der Waals surface area contributed by atoms with Crippen LogP contribution in [0.4, 0.5) is 13.2 Å². The third kappa shape index (κ3) is 0.853. The van der Waals surface area contributed by atoms with Gasteiger partial charge >= 0.3 is 12.3 Å². The molecule has 0 aromatic carbocycles. The number of ether oxygens (including phenoxy) is 2. The van der Waals surface area contributed by atoms with Crippen LogP contribution in [0.1, 0.15) is 0 Å². The molecule has 2 nitrogen and oxygen atoms in total. The lowest BCUT2D eigenvalue weighted by atomic mass is 11.0. The molecule has 0 aliphatic carbocycles. The fourth-order valence-corrected chi connectivity index (χ4v) is 0.277. The number of alkyl halides is 2. The molecule has 1 rings (SSSR count). The topological polar surface area (TPSA) is 18.5 Å². The minimum absolute atomic E-state index is 0.208. The molecule has 1 heterocycles. The fraction of sp³-hybridized carbons (Fsp3) is 0.333. The Balaban J connectivity index is 2.55. The van der Waals surface area contributed by atoms with Crippen molar-refractivity contribution in [2.45, 2.75) is 6.29 Å². The van der Waals surface area contributed by atoms with Gasteiger partial charge in [0.1, 0.15) is 0 Å². The Hall–Kier alpha value is -0.870. The molecular weight excluding hydrogens is 125 g/mol. The van der Waals surface area contributed by atoms with Crippen molar-refractivity contribution in [1.29, 1.82) is 0 Å². The summed E-state index contributed by atoms with van der Waals surface area (Å²) in [5.41, 5.74) is 0. The highest BCUT2D eigenvalue weighted by molar-refractivity contribution is 4.79. The van der Waals surface area contributed by atoms with Crippen molar-refractivity contribution in [2.24, 2.45) is 0 Å². The van der Waals surface area contributed by atoms with E-state index in [0.717, 1.165) is 0 Å². The molecule has 46 valence electrons. The van der Waals surface area contributed by atoms with Gasteiger partial charge in [-0.2, -0.15) is 4.39 Å². The third-order valence-electron chi connectivity index (χ3n) is 0.505. The molecule has 0 radical (unpaired) electrons. The van der Waals surface area contributed by atoms with Crippen molar-refractivity contribution in [3.63, 3.8) is 0 Å². The lowest BCUT2D eigenvalue weighted by Crippen LogP contribution is -2.15. The third-order valence-corrected chi connectivity index (χ3v) is 0.505. The van der Waals surface area contributed by atoms with Crippen LogP contribution >= 0.6 is 0 Å². The Kier molecular flexibility index (Phi) is 0.858. The second-order valence-electron chi connectivity index (χ2n) is 1.11. The van der Waals surface area contributed by atoms with Gasteiger partial charge in [0.2, 0.25) is 0 Å². The summed E-state index contributed by atoms with van der Waals surface area (Å²) >= 11 is 0. The Bertz CT molecular complexity index is 130. The van der Waals surface area contributed by atoms with Gasteiger partial charge in [0, 0.05) is 0 Å². The highest BCUT2D eigenvalue weighted by Crippen LogP contribution is 2.27. The van der Waals surface area contributed by atoms with Crippen molar-refractivity contribution < 1.29 is 22.6 Å². The Morgan fingerprint density at radius 2 is 2.12 bits per heavy atom. The number of hydrogen-bond donors (Lipinski definition) is 0. The Morgan fingerprint density at radius 1 is 1.50 bits per heavy atom. The van der Waals surface area contributed by atoms with Gasteiger partial charge in [-0.3, -0.25) is 0 Å². The standard InChI is InChI=1S/C3HF3O2/c4-2-1-7-3(5,6)8-2/h1H. The van der Waals surface area contributed by atoms with Gasteiger partial charge in [0.25, 0.3) is 0 Å². The summed E-state index contributed by atoms with van der Waals surface area (Å²) in [7, 11) is 0. The molecule has 0 aromatic heterocycles. The molecule has 0 N–H and O–H groups in total. The van der Waals surface area contributed by atoms with Crippen molar-refractivity contribution in [3.05, 3.63) is 12.3 Å². The van der Waals surface area contributed by atoms with Crippen LogP contribution in [0.2, 0.25) is 0 Å². The average Bonchev–Trinajstić information content (AvgIpc) is 1.82. The second kappa shape index (κ2) is 1.30. The van der Waals surface area contributed by atoms with Crippen molar-refractivity contribution in [2.75, 3.05) is 0 Å². The lowest BCUT2D eigenvalue weighted by Gasteiger charge is -2.03. The Morgan fingerprint density at radius 3 is 2.25 bits per heavy atom. The van der Waals surface area contributed by atoms with E-state index in [4.69, 9.17) is 0 Å². The number of halogens is 3. The summed E-state index contributed by atoms with van der Waals surface area (Å²) in [5.74, 6) is 0. The predicted octanol–water partition coefficient (Wildman–Crippen LogP) is 1.35. The van der Waals surface area contributed by atoms with Gasteiger partial charge in [-0.1, -0.05) is 0 Å². The highest BCUT2D eigenvalue weighted by atomic mass is 19.3. The van der Waals surface area contributed by atoms with Crippen LogP contribution in [0.25, 0.3) is 0 Å². The molecule has 0 unspecified atom stereocenters. The molecule has 0 atom stereocenters. The number of rotatable bonds is 0. The SMILES string of the molecule is FC1=COC(F)(F)O1. The highest BCUT2D eigenvalue weighted by Gasteiger charge is 2.40. The second-order valence-corrected chi connectivity index (χ2v) is 1.11. The minimum atomic E-state index is -3.80. The van der Waals surface area contributed by atoms with E-state index in [1.54, 1.807) is 0 Å². The summed E-state index contributed by atoms with van der Waals surface area (Å²) in [6.07, 6.45) is -3.59. The normalized spacial score (nSPS) is 23.6. The average molecular weight is 126 g/mol. The zero-order valence-electron chi connectivity index (χ0n) is 3.53. The first-order chi connectivity index (χ1) is 3.60. The molecule has 8 heavy (non-hydrogen) atoms. The van der Waals surface area contributed by atoms with E-state index in [2.05, 4.69) is 9.47 Å². The number of hydrogen-bond acceptors (Lipinski definition) is 2. The minimum Gasteiger partial charge on any atom is -0.401 e. The van der Waals surface area contributed by atoms with E-state index in [9.17, 15) is 13.2 Å². The van der Waals surface area contributed by atoms with Gasteiger partial charge in [-0.05, 0) is 0 Å². The molecule has 0 fully saturated rings. The maximum absolute atomic E-state index is 11.5. The maximum Gasteiger partial charge on any atom is 0.587 e. The van der Waals surface area contributed by atoms with E-state index < -0.39 is 12.3 Å². The van der Waals surface area contributed by atoms with Crippen LogP contribution in [0.3, 0.4) is 0 Å². The van der Waals surface area contributed by atoms with Crippen LogP contribution in [-0.4, -0.2) is 6.29 Å². The monoisotopic (exact) mass is 126 g/mol. The van der Waals surface area contributed by atoms with Crippen LogP contribution in [0.15, 0.2) is 12.3 Å². The molecule has 5 heteroatoms. The van der Waals surface area contributed by atoms with E-state index >= 15 is 0 Å². The zero-order valence-corrected chi connectivity index (χ0v) is 3.53. The van der Waals surface area contributed by atoms with Gasteiger partial charge in [0.15, 0.2) is 6.26 Å². The summed E-state index contributed by atoms with van der Waals surface area (Å²) in [6.45, 7) is 0. The van der Waals surface area contributed by atoms with Gasteiger partial charge in [-0.15, -0.1) is 8.78 Å². The molecular formula is C3HF3O2. The molecule has 0 bridgehead atoms. The van der Waals surface area contributed by atoms with Gasteiger partial charge in [0.05, 0.1) is 0 Å².